The molecule has 1 aliphatic rings. The molecule has 0 aromatic heterocycles. The largest absolute Gasteiger partial charge is 0.417 e. The summed E-state index contributed by atoms with van der Waals surface area (Å²) in [5, 5.41) is 13.5. The molecule has 0 fully saturated rings. The molecule has 0 bridgehead atoms. The van der Waals surface area contributed by atoms with Gasteiger partial charge >= 0.3 is 0 Å². The Kier molecular flexibility index (Phi) is 13.5. The standard InChI is InChI=1S/C36H56O4Si2/c1-8-41(9-2,10-3)39-28-26-32(23-21-31(37)22-24-33-29-30(4)25-27-38-33)40-42(36(5,6)7,34-17-13-11-14-18-34)35-19-15-12-16-20-35/h11-20,22,24-25,31-33,37H,8-10,21,23,26-29H2,1-7H3/b24-22+/t31-,32-,33+/m0/s1. The number of hydrogen-bond donors (Lipinski definition) is 1. The van der Waals surface area contributed by atoms with Gasteiger partial charge in [-0.3, -0.25) is 0 Å². The second-order valence-electron chi connectivity index (χ2n) is 12.9. The second-order valence-corrected chi connectivity index (χ2v) is 22.0. The van der Waals surface area contributed by atoms with E-state index in [9.17, 15) is 5.11 Å². The lowest BCUT2D eigenvalue weighted by molar-refractivity contribution is 0.0962. The summed E-state index contributed by atoms with van der Waals surface area (Å²) in [6.45, 7) is 17.3. The predicted molar refractivity (Wildman–Crippen MR) is 183 cm³/mol. The fourth-order valence-corrected chi connectivity index (χ4v) is 13.7. The van der Waals surface area contributed by atoms with Crippen LogP contribution >= 0.6 is 0 Å². The third-order valence-corrected chi connectivity index (χ3v) is 18.9. The molecule has 0 unspecified atom stereocenters. The normalized spacial score (nSPS) is 18.2. The number of aliphatic hydroxyl groups excluding tert-OH is 1. The fraction of sp³-hybridized carbons (Fsp3) is 0.556. The van der Waals surface area contributed by atoms with Gasteiger partial charge in [0.05, 0.1) is 18.8 Å². The predicted octanol–water partition coefficient (Wildman–Crippen LogP) is 7.78. The fourth-order valence-electron chi connectivity index (χ4n) is 6.27. The highest BCUT2D eigenvalue weighted by Crippen LogP contribution is 2.38. The summed E-state index contributed by atoms with van der Waals surface area (Å²) in [4.78, 5) is 0. The molecule has 232 valence electrons. The van der Waals surface area contributed by atoms with Crippen molar-refractivity contribution in [3.05, 3.63) is 84.5 Å². The van der Waals surface area contributed by atoms with Crippen molar-refractivity contribution in [3.8, 4) is 0 Å². The molecular formula is C36H56O4Si2. The van der Waals surface area contributed by atoms with Crippen molar-refractivity contribution in [1.82, 2.24) is 0 Å². The maximum Gasteiger partial charge on any atom is 0.261 e. The number of benzene rings is 2. The van der Waals surface area contributed by atoms with Crippen LogP contribution < -0.4 is 10.4 Å². The topological polar surface area (TPSA) is 47.9 Å². The minimum absolute atomic E-state index is 0.0345. The first-order chi connectivity index (χ1) is 20.1. The van der Waals surface area contributed by atoms with Crippen LogP contribution in [0.1, 0.15) is 74.1 Å². The monoisotopic (exact) mass is 608 g/mol. The molecule has 42 heavy (non-hydrogen) atoms. The number of hydrogen-bond acceptors (Lipinski definition) is 4. The summed E-state index contributed by atoms with van der Waals surface area (Å²) in [7, 11) is -4.44. The molecule has 2 aromatic carbocycles. The Morgan fingerprint density at radius 3 is 1.98 bits per heavy atom. The Hall–Kier alpha value is -1.81. The van der Waals surface area contributed by atoms with Gasteiger partial charge < -0.3 is 18.7 Å². The molecule has 0 amide bonds. The van der Waals surface area contributed by atoms with Gasteiger partial charge in [0, 0.05) is 12.7 Å². The third-order valence-electron chi connectivity index (χ3n) is 9.14. The summed E-state index contributed by atoms with van der Waals surface area (Å²) < 4.78 is 20.1. The molecule has 2 aromatic rings. The zero-order chi connectivity index (χ0) is 30.6. The Morgan fingerprint density at radius 2 is 1.48 bits per heavy atom. The molecule has 0 radical (unpaired) electrons. The van der Waals surface area contributed by atoms with Gasteiger partial charge in [-0.1, -0.05) is 126 Å². The minimum Gasteiger partial charge on any atom is -0.417 e. The molecule has 0 saturated heterocycles. The van der Waals surface area contributed by atoms with Crippen LogP contribution in [0.4, 0.5) is 0 Å². The minimum atomic E-state index is -2.73. The van der Waals surface area contributed by atoms with E-state index in [1.807, 2.05) is 12.2 Å². The summed E-state index contributed by atoms with van der Waals surface area (Å²) in [6.07, 6.45) is 8.66. The molecule has 3 rings (SSSR count). The van der Waals surface area contributed by atoms with Crippen LogP contribution in [0, 0.1) is 0 Å². The molecule has 3 atom stereocenters. The SMILES string of the molecule is CC[Si](CC)(CC)OCC[C@H](CC[C@H](O)/C=C/[C@@H]1CC(C)=CCO1)O[Si](c1ccccc1)(c1ccccc1)C(C)(C)C. The van der Waals surface area contributed by atoms with Crippen LogP contribution in [0.15, 0.2) is 84.5 Å². The van der Waals surface area contributed by atoms with Crippen molar-refractivity contribution in [1.29, 1.82) is 0 Å². The van der Waals surface area contributed by atoms with Crippen LogP contribution in [0.25, 0.3) is 0 Å². The molecule has 1 aliphatic heterocycles. The smallest absolute Gasteiger partial charge is 0.261 e. The number of rotatable bonds is 16. The number of ether oxygens (including phenoxy) is 1. The maximum atomic E-state index is 11.0. The van der Waals surface area contributed by atoms with Gasteiger partial charge in [-0.15, -0.1) is 0 Å². The van der Waals surface area contributed by atoms with Crippen molar-refractivity contribution in [3.63, 3.8) is 0 Å². The van der Waals surface area contributed by atoms with Crippen LogP contribution in [-0.2, 0) is 13.6 Å². The second kappa shape index (κ2) is 16.3. The first-order valence-corrected chi connectivity index (χ1v) is 20.6. The first kappa shape index (κ1) is 34.7. The van der Waals surface area contributed by atoms with Crippen LogP contribution in [0.2, 0.25) is 23.2 Å². The van der Waals surface area contributed by atoms with Crippen molar-refractivity contribution in [2.75, 3.05) is 13.2 Å². The lowest BCUT2D eigenvalue weighted by Crippen LogP contribution is -2.67. The van der Waals surface area contributed by atoms with E-state index >= 15 is 0 Å². The van der Waals surface area contributed by atoms with Crippen LogP contribution in [-0.4, -0.2) is 53.3 Å². The van der Waals surface area contributed by atoms with E-state index in [-0.39, 0.29) is 17.2 Å². The lowest BCUT2D eigenvalue weighted by Gasteiger charge is -2.45. The zero-order valence-electron chi connectivity index (χ0n) is 27.3. The number of aliphatic hydroxyl groups is 1. The van der Waals surface area contributed by atoms with Gasteiger partial charge in [-0.2, -0.15) is 0 Å². The molecule has 0 spiro atoms. The van der Waals surface area contributed by atoms with E-state index in [1.165, 1.54) is 15.9 Å². The quantitative estimate of drug-likeness (QED) is 0.156. The van der Waals surface area contributed by atoms with Crippen LogP contribution in [0.3, 0.4) is 0 Å². The Labute approximate surface area is 258 Å². The van der Waals surface area contributed by atoms with E-state index in [0.29, 0.717) is 19.6 Å². The van der Waals surface area contributed by atoms with E-state index in [2.05, 4.69) is 115 Å². The van der Waals surface area contributed by atoms with Crippen molar-refractivity contribution >= 4 is 27.0 Å². The average Bonchev–Trinajstić information content (AvgIpc) is 3.00. The van der Waals surface area contributed by atoms with E-state index in [0.717, 1.165) is 37.4 Å². The molecule has 6 heteroatoms. The van der Waals surface area contributed by atoms with Gasteiger partial charge in [0.2, 0.25) is 0 Å². The summed E-state index contributed by atoms with van der Waals surface area (Å²) >= 11 is 0. The van der Waals surface area contributed by atoms with Crippen molar-refractivity contribution < 1.29 is 18.7 Å². The Balaban J connectivity index is 1.89. The molecule has 1 heterocycles. The van der Waals surface area contributed by atoms with Gasteiger partial charge in [0.25, 0.3) is 8.32 Å². The molecule has 4 nitrogen and oxygen atoms in total. The van der Waals surface area contributed by atoms with Crippen molar-refractivity contribution in [2.24, 2.45) is 0 Å². The van der Waals surface area contributed by atoms with Gasteiger partial charge in [0.15, 0.2) is 8.32 Å². The molecule has 1 N–H and O–H groups in total. The summed E-state index contributed by atoms with van der Waals surface area (Å²) in [5.41, 5.74) is 1.34. The molecule has 0 saturated carbocycles. The third kappa shape index (κ3) is 9.10. The molecular weight excluding hydrogens is 553 g/mol. The highest BCUT2D eigenvalue weighted by molar-refractivity contribution is 6.99. The highest BCUT2D eigenvalue weighted by Gasteiger charge is 2.51. The maximum absolute atomic E-state index is 11.0. The highest BCUT2D eigenvalue weighted by atomic mass is 28.4. The lowest BCUT2D eigenvalue weighted by atomic mass is 10.0. The van der Waals surface area contributed by atoms with Gasteiger partial charge in [-0.05, 0) is 66.2 Å². The Morgan fingerprint density at radius 1 is 0.905 bits per heavy atom. The van der Waals surface area contributed by atoms with Crippen molar-refractivity contribution in [2.45, 2.75) is 116 Å². The average molecular weight is 609 g/mol. The first-order valence-electron chi connectivity index (χ1n) is 16.2. The molecule has 0 aliphatic carbocycles. The summed E-state index contributed by atoms with van der Waals surface area (Å²) in [6, 6.07) is 25.1. The summed E-state index contributed by atoms with van der Waals surface area (Å²) in [5.74, 6) is 0. The van der Waals surface area contributed by atoms with Gasteiger partial charge in [-0.25, -0.2) is 0 Å². The zero-order valence-corrected chi connectivity index (χ0v) is 29.3. The van der Waals surface area contributed by atoms with E-state index in [1.54, 1.807) is 0 Å². The van der Waals surface area contributed by atoms with Crippen LogP contribution in [0.5, 0.6) is 0 Å². The van der Waals surface area contributed by atoms with E-state index < -0.39 is 22.7 Å². The van der Waals surface area contributed by atoms with E-state index in [4.69, 9.17) is 13.6 Å². The Bertz CT molecular complexity index is 1060. The van der Waals surface area contributed by atoms with Gasteiger partial charge in [0.1, 0.15) is 0 Å².